The lowest BCUT2D eigenvalue weighted by Crippen LogP contribution is -2.62. The zero-order chi connectivity index (χ0) is 14.5. The summed E-state index contributed by atoms with van der Waals surface area (Å²) in [4.78, 5) is 0. The van der Waals surface area contributed by atoms with Gasteiger partial charge in [0.15, 0.2) is 0 Å². The number of aliphatic hydroxyl groups is 1. The van der Waals surface area contributed by atoms with Crippen LogP contribution in [-0.4, -0.2) is 28.5 Å². The third kappa shape index (κ3) is 2.24. The van der Waals surface area contributed by atoms with E-state index in [0.29, 0.717) is 13.0 Å². The van der Waals surface area contributed by atoms with E-state index in [1.54, 1.807) is 0 Å². The summed E-state index contributed by atoms with van der Waals surface area (Å²) < 4.78 is 6.15. The largest absolute Gasteiger partial charge is 0.386 e. The molecule has 0 radical (unpaired) electrons. The van der Waals surface area contributed by atoms with Crippen LogP contribution in [0.3, 0.4) is 0 Å². The molecule has 2 aliphatic rings. The van der Waals surface area contributed by atoms with Crippen LogP contribution in [0.1, 0.15) is 66.7 Å². The summed E-state index contributed by atoms with van der Waals surface area (Å²) in [7, 11) is 0. The van der Waals surface area contributed by atoms with Crippen molar-refractivity contribution in [3.63, 3.8) is 0 Å². The highest BCUT2D eigenvalue weighted by atomic mass is 16.5. The fourth-order valence-electron chi connectivity index (χ4n) is 4.57. The minimum absolute atomic E-state index is 0.184. The molecule has 2 rings (SSSR count). The zero-order valence-corrected chi connectivity index (χ0v) is 13.3. The predicted molar refractivity (Wildman–Crippen MR) is 77.9 cm³/mol. The Morgan fingerprint density at radius 3 is 2.05 bits per heavy atom. The fourth-order valence-corrected chi connectivity index (χ4v) is 4.57. The summed E-state index contributed by atoms with van der Waals surface area (Å²) in [5, 5.41) is 11.5. The molecular formula is C16H31NO2. The standard InChI is InChI=1S/C16H31NO2/c1-12-6-8-15(11-17,9-7-12)16(18)10-13(2,3)19-14(16,4)5/h12,18H,6-11,17H2,1-5H3. The Hall–Kier alpha value is -0.120. The van der Waals surface area contributed by atoms with Gasteiger partial charge in [-0.2, -0.15) is 0 Å². The predicted octanol–water partition coefficient (Wildman–Crippen LogP) is 2.85. The highest BCUT2D eigenvalue weighted by Gasteiger charge is 2.65. The Labute approximate surface area is 117 Å². The van der Waals surface area contributed by atoms with Crippen molar-refractivity contribution in [3.05, 3.63) is 0 Å². The number of hydrogen-bond acceptors (Lipinski definition) is 3. The first kappa shape index (κ1) is 15.3. The van der Waals surface area contributed by atoms with Crippen molar-refractivity contribution in [1.29, 1.82) is 0 Å². The van der Waals surface area contributed by atoms with Crippen molar-refractivity contribution >= 4 is 0 Å². The molecule has 1 saturated heterocycles. The van der Waals surface area contributed by atoms with Crippen LogP contribution >= 0.6 is 0 Å². The van der Waals surface area contributed by atoms with Crippen LogP contribution in [-0.2, 0) is 4.74 Å². The molecule has 2 fully saturated rings. The van der Waals surface area contributed by atoms with Crippen molar-refractivity contribution in [2.75, 3.05) is 6.54 Å². The number of nitrogens with two attached hydrogens (primary N) is 1. The van der Waals surface area contributed by atoms with Crippen molar-refractivity contribution in [2.45, 2.75) is 83.5 Å². The Morgan fingerprint density at radius 1 is 1.16 bits per heavy atom. The second-order valence-electron chi connectivity index (χ2n) is 8.08. The molecule has 0 aromatic heterocycles. The Morgan fingerprint density at radius 2 is 1.68 bits per heavy atom. The van der Waals surface area contributed by atoms with E-state index in [4.69, 9.17) is 10.5 Å². The molecule has 0 amide bonds. The average molecular weight is 269 g/mol. The van der Waals surface area contributed by atoms with Gasteiger partial charge in [0.1, 0.15) is 5.60 Å². The zero-order valence-electron chi connectivity index (χ0n) is 13.3. The lowest BCUT2D eigenvalue weighted by Gasteiger charge is -2.53. The first-order valence-corrected chi connectivity index (χ1v) is 7.70. The molecule has 1 aliphatic heterocycles. The fraction of sp³-hybridized carbons (Fsp3) is 1.00. The van der Waals surface area contributed by atoms with Crippen molar-refractivity contribution in [2.24, 2.45) is 17.1 Å². The van der Waals surface area contributed by atoms with Gasteiger partial charge in [-0.15, -0.1) is 0 Å². The lowest BCUT2D eigenvalue weighted by atomic mass is 9.56. The van der Waals surface area contributed by atoms with Gasteiger partial charge in [0, 0.05) is 18.4 Å². The molecule has 0 spiro atoms. The molecule has 112 valence electrons. The maximum Gasteiger partial charge on any atom is 0.103 e. The quantitative estimate of drug-likeness (QED) is 0.810. The third-order valence-corrected chi connectivity index (χ3v) is 5.71. The van der Waals surface area contributed by atoms with E-state index in [9.17, 15) is 5.11 Å². The summed E-state index contributed by atoms with van der Waals surface area (Å²) >= 11 is 0. The normalized spacial score (nSPS) is 45.3. The highest BCUT2D eigenvalue weighted by Crippen LogP contribution is 2.58. The molecule has 1 atom stereocenters. The molecule has 0 aromatic carbocycles. The van der Waals surface area contributed by atoms with Gasteiger partial charge in [-0.25, -0.2) is 0 Å². The van der Waals surface area contributed by atoms with E-state index in [0.717, 1.165) is 31.6 Å². The molecule has 3 nitrogen and oxygen atoms in total. The minimum Gasteiger partial charge on any atom is -0.386 e. The maximum absolute atomic E-state index is 11.5. The lowest BCUT2D eigenvalue weighted by molar-refractivity contribution is -0.187. The van der Waals surface area contributed by atoms with Crippen molar-refractivity contribution in [3.8, 4) is 0 Å². The van der Waals surface area contributed by atoms with Crippen LogP contribution in [0.15, 0.2) is 0 Å². The van der Waals surface area contributed by atoms with Gasteiger partial charge < -0.3 is 15.6 Å². The van der Waals surface area contributed by atoms with Crippen molar-refractivity contribution in [1.82, 2.24) is 0 Å². The second kappa shape index (κ2) is 4.44. The van der Waals surface area contributed by atoms with Crippen LogP contribution in [0.25, 0.3) is 0 Å². The molecule has 1 heterocycles. The Balaban J connectivity index is 2.36. The monoisotopic (exact) mass is 269 g/mol. The van der Waals surface area contributed by atoms with E-state index in [1.165, 1.54) is 0 Å². The topological polar surface area (TPSA) is 55.5 Å². The van der Waals surface area contributed by atoms with Gasteiger partial charge in [0.2, 0.25) is 0 Å². The van der Waals surface area contributed by atoms with Crippen LogP contribution in [0, 0.1) is 11.3 Å². The Kier molecular flexibility index (Phi) is 3.57. The third-order valence-electron chi connectivity index (χ3n) is 5.71. The summed E-state index contributed by atoms with van der Waals surface area (Å²) in [6, 6.07) is 0. The molecule has 0 aromatic rings. The van der Waals surface area contributed by atoms with Crippen LogP contribution in [0.2, 0.25) is 0 Å². The SMILES string of the molecule is CC1CCC(CN)(C2(O)CC(C)(C)OC2(C)C)CC1. The molecule has 3 heteroatoms. The van der Waals surface area contributed by atoms with E-state index < -0.39 is 11.2 Å². The summed E-state index contributed by atoms with van der Waals surface area (Å²) in [5.41, 5.74) is 4.33. The summed E-state index contributed by atoms with van der Waals surface area (Å²) in [5.74, 6) is 0.752. The highest BCUT2D eigenvalue weighted by molar-refractivity contribution is 5.16. The van der Waals surface area contributed by atoms with Gasteiger partial charge in [0.25, 0.3) is 0 Å². The first-order chi connectivity index (χ1) is 8.58. The maximum atomic E-state index is 11.5. The summed E-state index contributed by atoms with van der Waals surface area (Å²) in [6.07, 6.45) is 5.04. The van der Waals surface area contributed by atoms with Crippen LogP contribution < -0.4 is 5.73 Å². The van der Waals surface area contributed by atoms with E-state index >= 15 is 0 Å². The van der Waals surface area contributed by atoms with Gasteiger partial charge in [0.05, 0.1) is 11.2 Å². The summed E-state index contributed by atoms with van der Waals surface area (Å²) in [6.45, 7) is 11.0. The van der Waals surface area contributed by atoms with Crippen LogP contribution in [0.4, 0.5) is 0 Å². The molecule has 0 bridgehead atoms. The van der Waals surface area contributed by atoms with Gasteiger partial charge in [-0.05, 0) is 46.5 Å². The molecule has 1 unspecified atom stereocenters. The van der Waals surface area contributed by atoms with E-state index in [1.807, 2.05) is 13.8 Å². The number of hydrogen-bond donors (Lipinski definition) is 2. The van der Waals surface area contributed by atoms with Crippen LogP contribution in [0.5, 0.6) is 0 Å². The van der Waals surface area contributed by atoms with Gasteiger partial charge in [-0.1, -0.05) is 19.8 Å². The average Bonchev–Trinajstić information content (AvgIpc) is 2.45. The smallest absolute Gasteiger partial charge is 0.103 e. The van der Waals surface area contributed by atoms with Crippen molar-refractivity contribution < 1.29 is 9.84 Å². The van der Waals surface area contributed by atoms with E-state index in [-0.39, 0.29) is 11.0 Å². The minimum atomic E-state index is -0.821. The number of rotatable bonds is 2. The van der Waals surface area contributed by atoms with Gasteiger partial charge in [-0.3, -0.25) is 0 Å². The van der Waals surface area contributed by atoms with Gasteiger partial charge >= 0.3 is 0 Å². The number of ether oxygens (including phenoxy) is 1. The Bertz CT molecular complexity index is 343. The molecule has 3 N–H and O–H groups in total. The molecular weight excluding hydrogens is 238 g/mol. The molecule has 1 saturated carbocycles. The van der Waals surface area contributed by atoms with E-state index in [2.05, 4.69) is 20.8 Å². The second-order valence-corrected chi connectivity index (χ2v) is 8.08. The molecule has 19 heavy (non-hydrogen) atoms. The molecule has 1 aliphatic carbocycles. The first-order valence-electron chi connectivity index (χ1n) is 7.70.